The third-order valence-corrected chi connectivity index (χ3v) is 3.48. The van der Waals surface area contributed by atoms with Gasteiger partial charge in [-0.05, 0) is 30.7 Å². The van der Waals surface area contributed by atoms with E-state index in [1.54, 1.807) is 24.1 Å². The van der Waals surface area contributed by atoms with Gasteiger partial charge in [0.1, 0.15) is 11.5 Å². The Morgan fingerprint density at radius 1 is 1.50 bits per heavy atom. The summed E-state index contributed by atoms with van der Waals surface area (Å²) < 4.78 is 21.3. The molecule has 0 aliphatic heterocycles. The number of nitrogens with one attached hydrogen (secondary N) is 1. The van der Waals surface area contributed by atoms with Crippen LogP contribution in [0.4, 0.5) is 4.39 Å². The SMILES string of the molecule is CCn1ncc(OC)c1C(NN)c1cc(F)cc(Br)c1. The molecule has 1 aromatic heterocycles. The number of nitrogens with two attached hydrogens (primary N) is 1. The zero-order valence-corrected chi connectivity index (χ0v) is 12.8. The Kier molecular flexibility index (Phi) is 4.74. The smallest absolute Gasteiger partial charge is 0.161 e. The van der Waals surface area contributed by atoms with Crippen LogP contribution in [0.2, 0.25) is 0 Å². The van der Waals surface area contributed by atoms with Gasteiger partial charge in [-0.15, -0.1) is 0 Å². The maximum atomic E-state index is 13.6. The van der Waals surface area contributed by atoms with Crippen LogP contribution in [0.5, 0.6) is 5.75 Å². The van der Waals surface area contributed by atoms with E-state index in [0.29, 0.717) is 22.3 Å². The van der Waals surface area contributed by atoms with Crippen LogP contribution in [-0.4, -0.2) is 16.9 Å². The van der Waals surface area contributed by atoms with E-state index in [1.807, 2.05) is 6.92 Å². The van der Waals surface area contributed by atoms with Gasteiger partial charge in [0.2, 0.25) is 0 Å². The number of aryl methyl sites for hydroxylation is 1. The van der Waals surface area contributed by atoms with Crippen molar-refractivity contribution in [1.82, 2.24) is 15.2 Å². The number of hydrogen-bond acceptors (Lipinski definition) is 4. The van der Waals surface area contributed by atoms with E-state index < -0.39 is 6.04 Å². The highest BCUT2D eigenvalue weighted by molar-refractivity contribution is 9.10. The minimum Gasteiger partial charge on any atom is -0.493 e. The summed E-state index contributed by atoms with van der Waals surface area (Å²) in [5, 5.41) is 4.24. The Bertz CT molecular complexity index is 560. The van der Waals surface area contributed by atoms with E-state index in [4.69, 9.17) is 10.6 Å². The molecule has 0 saturated carbocycles. The van der Waals surface area contributed by atoms with Crippen molar-refractivity contribution in [1.29, 1.82) is 0 Å². The lowest BCUT2D eigenvalue weighted by Gasteiger charge is -2.19. The molecule has 2 aromatic rings. The standard InChI is InChI=1S/C13H16BrFN4O/c1-3-19-13(11(20-2)7-17-19)12(18-16)8-4-9(14)6-10(15)5-8/h4-7,12,18H,3,16H2,1-2H3. The lowest BCUT2D eigenvalue weighted by Crippen LogP contribution is -2.31. The third-order valence-electron chi connectivity index (χ3n) is 3.02. The van der Waals surface area contributed by atoms with Crippen molar-refractivity contribution in [3.05, 3.63) is 45.9 Å². The van der Waals surface area contributed by atoms with Crippen LogP contribution in [0.3, 0.4) is 0 Å². The molecule has 0 bridgehead atoms. The highest BCUT2D eigenvalue weighted by Crippen LogP contribution is 2.31. The van der Waals surface area contributed by atoms with Crippen molar-refractivity contribution >= 4 is 15.9 Å². The highest BCUT2D eigenvalue weighted by Gasteiger charge is 2.23. The summed E-state index contributed by atoms with van der Waals surface area (Å²) in [6, 6.07) is 4.21. The Balaban J connectivity index is 2.54. The van der Waals surface area contributed by atoms with E-state index in [-0.39, 0.29) is 5.82 Å². The molecule has 1 aromatic carbocycles. The van der Waals surface area contributed by atoms with Gasteiger partial charge in [-0.3, -0.25) is 10.5 Å². The molecule has 3 N–H and O–H groups in total. The van der Waals surface area contributed by atoms with Crippen molar-refractivity contribution in [2.75, 3.05) is 7.11 Å². The molecule has 20 heavy (non-hydrogen) atoms. The number of nitrogens with zero attached hydrogens (tertiary/aromatic N) is 2. The van der Waals surface area contributed by atoms with Crippen LogP contribution in [0.15, 0.2) is 28.9 Å². The summed E-state index contributed by atoms with van der Waals surface area (Å²) in [4.78, 5) is 0. The molecule has 1 heterocycles. The van der Waals surface area contributed by atoms with Crippen molar-refractivity contribution in [3.8, 4) is 5.75 Å². The Hall–Kier alpha value is -1.44. The van der Waals surface area contributed by atoms with E-state index in [0.717, 1.165) is 5.69 Å². The van der Waals surface area contributed by atoms with Crippen LogP contribution >= 0.6 is 15.9 Å². The average Bonchev–Trinajstić information content (AvgIpc) is 2.81. The normalized spacial score (nSPS) is 12.4. The molecule has 0 radical (unpaired) electrons. The minimum atomic E-state index is -0.417. The van der Waals surface area contributed by atoms with Gasteiger partial charge >= 0.3 is 0 Å². The molecule has 1 unspecified atom stereocenters. The van der Waals surface area contributed by atoms with Crippen LogP contribution in [-0.2, 0) is 6.54 Å². The predicted molar refractivity (Wildman–Crippen MR) is 77.7 cm³/mol. The van der Waals surface area contributed by atoms with E-state index >= 15 is 0 Å². The monoisotopic (exact) mass is 342 g/mol. The fourth-order valence-electron chi connectivity index (χ4n) is 2.15. The van der Waals surface area contributed by atoms with Crippen LogP contribution < -0.4 is 16.0 Å². The van der Waals surface area contributed by atoms with Crippen molar-refractivity contribution < 1.29 is 9.13 Å². The fourth-order valence-corrected chi connectivity index (χ4v) is 2.64. The van der Waals surface area contributed by atoms with E-state index in [9.17, 15) is 4.39 Å². The summed E-state index contributed by atoms with van der Waals surface area (Å²) in [7, 11) is 1.57. The molecule has 1 atom stereocenters. The lowest BCUT2D eigenvalue weighted by atomic mass is 10.0. The topological polar surface area (TPSA) is 65.1 Å². The van der Waals surface area contributed by atoms with Gasteiger partial charge in [-0.2, -0.15) is 5.10 Å². The molecule has 0 aliphatic rings. The zero-order valence-electron chi connectivity index (χ0n) is 11.2. The predicted octanol–water partition coefficient (Wildman–Crippen LogP) is 2.37. The highest BCUT2D eigenvalue weighted by atomic mass is 79.9. The fraction of sp³-hybridized carbons (Fsp3) is 0.308. The molecule has 108 valence electrons. The quantitative estimate of drug-likeness (QED) is 0.646. The first-order valence-corrected chi connectivity index (χ1v) is 6.91. The second kappa shape index (κ2) is 6.34. The number of rotatable bonds is 5. The number of ether oxygens (including phenoxy) is 1. The number of hydrogen-bond donors (Lipinski definition) is 2. The number of hydrazine groups is 1. The van der Waals surface area contributed by atoms with E-state index in [1.165, 1.54) is 12.1 Å². The van der Waals surface area contributed by atoms with Crippen molar-refractivity contribution in [2.45, 2.75) is 19.5 Å². The number of halogens is 2. The number of aromatic nitrogens is 2. The first-order valence-electron chi connectivity index (χ1n) is 6.12. The van der Waals surface area contributed by atoms with E-state index in [2.05, 4.69) is 26.5 Å². The molecule has 2 rings (SSSR count). The molecular formula is C13H16BrFN4O. The molecule has 0 spiro atoms. The van der Waals surface area contributed by atoms with Crippen LogP contribution in [0.25, 0.3) is 0 Å². The summed E-state index contributed by atoms with van der Waals surface area (Å²) in [6.45, 7) is 2.62. The zero-order chi connectivity index (χ0) is 14.7. The molecule has 7 heteroatoms. The van der Waals surface area contributed by atoms with Crippen LogP contribution in [0.1, 0.15) is 24.2 Å². The summed E-state index contributed by atoms with van der Waals surface area (Å²) in [5.41, 5.74) is 4.14. The second-order valence-electron chi connectivity index (χ2n) is 4.22. The molecular weight excluding hydrogens is 327 g/mol. The first-order chi connectivity index (χ1) is 9.60. The molecule has 0 fully saturated rings. The average molecular weight is 343 g/mol. The first kappa shape index (κ1) is 15.0. The van der Waals surface area contributed by atoms with Gasteiger partial charge in [-0.25, -0.2) is 9.82 Å². The van der Waals surface area contributed by atoms with Gasteiger partial charge in [0.15, 0.2) is 5.75 Å². The van der Waals surface area contributed by atoms with Gasteiger partial charge in [0.05, 0.1) is 19.3 Å². The van der Waals surface area contributed by atoms with Gasteiger partial charge in [0.25, 0.3) is 0 Å². The number of benzene rings is 1. The Morgan fingerprint density at radius 3 is 2.80 bits per heavy atom. The number of methoxy groups -OCH3 is 1. The Labute approximate surface area is 125 Å². The largest absolute Gasteiger partial charge is 0.493 e. The summed E-state index contributed by atoms with van der Waals surface area (Å²) in [6.07, 6.45) is 1.62. The maximum absolute atomic E-state index is 13.6. The molecule has 5 nitrogen and oxygen atoms in total. The summed E-state index contributed by atoms with van der Waals surface area (Å²) in [5.74, 6) is 5.93. The van der Waals surface area contributed by atoms with Gasteiger partial charge in [0, 0.05) is 11.0 Å². The molecule has 0 aliphatic carbocycles. The summed E-state index contributed by atoms with van der Waals surface area (Å²) >= 11 is 3.28. The van der Waals surface area contributed by atoms with Gasteiger partial charge < -0.3 is 4.74 Å². The maximum Gasteiger partial charge on any atom is 0.161 e. The molecule has 0 amide bonds. The second-order valence-corrected chi connectivity index (χ2v) is 5.13. The Morgan fingerprint density at radius 2 is 2.25 bits per heavy atom. The minimum absolute atomic E-state index is 0.337. The molecule has 0 saturated heterocycles. The third kappa shape index (κ3) is 2.84. The van der Waals surface area contributed by atoms with Crippen molar-refractivity contribution in [3.63, 3.8) is 0 Å². The lowest BCUT2D eigenvalue weighted by molar-refractivity contribution is 0.399. The van der Waals surface area contributed by atoms with Gasteiger partial charge in [-0.1, -0.05) is 15.9 Å². The van der Waals surface area contributed by atoms with Crippen LogP contribution in [0, 0.1) is 5.82 Å². The van der Waals surface area contributed by atoms with Crippen molar-refractivity contribution in [2.24, 2.45) is 5.84 Å².